The molecule has 0 fully saturated rings. The number of methoxy groups -OCH3 is 1. The van der Waals surface area contributed by atoms with Crippen molar-refractivity contribution in [3.05, 3.63) is 29.3 Å². The lowest BCUT2D eigenvalue weighted by atomic mass is 10.1. The second-order valence-corrected chi connectivity index (χ2v) is 6.26. The van der Waals surface area contributed by atoms with Gasteiger partial charge in [-0.1, -0.05) is 12.1 Å². The molecule has 0 atom stereocenters. The van der Waals surface area contributed by atoms with Crippen LogP contribution in [0.4, 0.5) is 5.69 Å². The van der Waals surface area contributed by atoms with Crippen molar-refractivity contribution in [1.82, 2.24) is 0 Å². The molecule has 5 nitrogen and oxygen atoms in total. The lowest BCUT2D eigenvalue weighted by Gasteiger charge is -2.11. The van der Waals surface area contributed by atoms with Gasteiger partial charge in [0.25, 0.3) is 0 Å². The van der Waals surface area contributed by atoms with E-state index in [1.165, 1.54) is 7.11 Å². The third-order valence-corrected chi connectivity index (χ3v) is 4.04. The standard InChI is InChI=1S/C13H19NO4S/c1-10-6-7-11(2)12(9-10)14-19(16,17)8-4-5-13(15)18-3/h6-7,9,14H,4-5,8H2,1-3H3. The van der Waals surface area contributed by atoms with Gasteiger partial charge < -0.3 is 4.74 Å². The first-order valence-corrected chi connectivity index (χ1v) is 7.64. The Kier molecular flexibility index (Phi) is 5.35. The van der Waals surface area contributed by atoms with Crippen LogP contribution < -0.4 is 4.72 Å². The van der Waals surface area contributed by atoms with Crippen molar-refractivity contribution in [3.8, 4) is 0 Å². The van der Waals surface area contributed by atoms with Crippen LogP contribution in [0.1, 0.15) is 24.0 Å². The van der Waals surface area contributed by atoms with Crippen molar-refractivity contribution in [1.29, 1.82) is 0 Å². The molecule has 1 N–H and O–H groups in total. The zero-order valence-electron chi connectivity index (χ0n) is 11.4. The quantitative estimate of drug-likeness (QED) is 0.811. The van der Waals surface area contributed by atoms with Crippen LogP contribution in [0, 0.1) is 13.8 Å². The lowest BCUT2D eigenvalue weighted by molar-refractivity contribution is -0.140. The summed E-state index contributed by atoms with van der Waals surface area (Å²) in [6.07, 6.45) is 0.344. The zero-order chi connectivity index (χ0) is 14.5. The van der Waals surface area contributed by atoms with Crippen molar-refractivity contribution >= 4 is 21.7 Å². The van der Waals surface area contributed by atoms with Gasteiger partial charge >= 0.3 is 5.97 Å². The van der Waals surface area contributed by atoms with E-state index < -0.39 is 16.0 Å². The molecule has 0 spiro atoms. The Balaban J connectivity index is 2.64. The van der Waals surface area contributed by atoms with Crippen LogP contribution in [0.15, 0.2) is 18.2 Å². The van der Waals surface area contributed by atoms with Gasteiger partial charge in [-0.2, -0.15) is 0 Å². The highest BCUT2D eigenvalue weighted by Gasteiger charge is 2.13. The molecule has 0 saturated carbocycles. The smallest absolute Gasteiger partial charge is 0.305 e. The van der Waals surface area contributed by atoms with E-state index in [2.05, 4.69) is 9.46 Å². The second kappa shape index (κ2) is 6.56. The van der Waals surface area contributed by atoms with E-state index in [0.717, 1.165) is 11.1 Å². The topological polar surface area (TPSA) is 72.5 Å². The Hall–Kier alpha value is -1.56. The molecule has 0 amide bonds. The molecule has 0 unspecified atom stereocenters. The van der Waals surface area contributed by atoms with Gasteiger partial charge in [-0.3, -0.25) is 9.52 Å². The molecular formula is C13H19NO4S. The summed E-state index contributed by atoms with van der Waals surface area (Å²) < 4.78 is 30.7. The SMILES string of the molecule is COC(=O)CCCS(=O)(=O)Nc1cc(C)ccc1C. The van der Waals surface area contributed by atoms with Crippen LogP contribution in [0.3, 0.4) is 0 Å². The van der Waals surface area contributed by atoms with Crippen LogP contribution in [-0.4, -0.2) is 27.2 Å². The van der Waals surface area contributed by atoms with E-state index >= 15 is 0 Å². The Bertz CT molecular complexity index is 552. The van der Waals surface area contributed by atoms with E-state index in [0.29, 0.717) is 5.69 Å². The number of anilines is 1. The number of carbonyl (C=O) groups excluding carboxylic acids is 1. The monoisotopic (exact) mass is 285 g/mol. The predicted molar refractivity (Wildman–Crippen MR) is 74.6 cm³/mol. The number of hydrogen-bond acceptors (Lipinski definition) is 4. The summed E-state index contributed by atoms with van der Waals surface area (Å²) in [6.45, 7) is 3.74. The average Bonchev–Trinajstić information content (AvgIpc) is 2.33. The summed E-state index contributed by atoms with van der Waals surface area (Å²) in [5.41, 5.74) is 2.43. The van der Waals surface area contributed by atoms with Crippen molar-refractivity contribution in [3.63, 3.8) is 0 Å². The molecule has 106 valence electrons. The molecule has 19 heavy (non-hydrogen) atoms. The summed E-state index contributed by atoms with van der Waals surface area (Å²) >= 11 is 0. The van der Waals surface area contributed by atoms with Crippen molar-refractivity contribution in [2.45, 2.75) is 26.7 Å². The van der Waals surface area contributed by atoms with E-state index in [9.17, 15) is 13.2 Å². The average molecular weight is 285 g/mol. The molecule has 0 aliphatic rings. The highest BCUT2D eigenvalue weighted by atomic mass is 32.2. The Labute approximate surface area is 114 Å². The summed E-state index contributed by atoms with van der Waals surface area (Å²) in [5, 5.41) is 0. The first-order chi connectivity index (χ1) is 8.84. The van der Waals surface area contributed by atoms with Crippen LogP contribution in [0.25, 0.3) is 0 Å². The molecule has 0 saturated heterocycles. The van der Waals surface area contributed by atoms with E-state index in [-0.39, 0.29) is 18.6 Å². The first-order valence-electron chi connectivity index (χ1n) is 5.98. The van der Waals surface area contributed by atoms with E-state index in [1.807, 2.05) is 26.0 Å². The van der Waals surface area contributed by atoms with Crippen LogP contribution in [0.2, 0.25) is 0 Å². The summed E-state index contributed by atoms with van der Waals surface area (Å²) in [6, 6.07) is 5.57. The van der Waals surface area contributed by atoms with Gasteiger partial charge in [-0.25, -0.2) is 8.42 Å². The third kappa shape index (κ3) is 5.30. The number of ether oxygens (including phenoxy) is 1. The minimum absolute atomic E-state index is 0.101. The van der Waals surface area contributed by atoms with Crippen LogP contribution >= 0.6 is 0 Å². The molecule has 0 bridgehead atoms. The molecular weight excluding hydrogens is 266 g/mol. The Morgan fingerprint density at radius 3 is 2.63 bits per heavy atom. The minimum Gasteiger partial charge on any atom is -0.469 e. The maximum absolute atomic E-state index is 11.9. The Morgan fingerprint density at radius 2 is 2.00 bits per heavy atom. The fourth-order valence-corrected chi connectivity index (χ4v) is 2.75. The molecule has 0 heterocycles. The minimum atomic E-state index is -3.44. The number of aryl methyl sites for hydroxylation is 2. The molecule has 0 radical (unpaired) electrons. The summed E-state index contributed by atoms with van der Waals surface area (Å²) in [5.74, 6) is -0.503. The second-order valence-electron chi connectivity index (χ2n) is 4.42. The van der Waals surface area contributed by atoms with Gasteiger partial charge in [-0.05, 0) is 37.5 Å². The lowest BCUT2D eigenvalue weighted by Crippen LogP contribution is -2.18. The number of nitrogens with one attached hydrogen (secondary N) is 1. The van der Waals surface area contributed by atoms with Gasteiger partial charge in [0, 0.05) is 6.42 Å². The molecule has 1 rings (SSSR count). The molecule has 0 aliphatic carbocycles. The van der Waals surface area contributed by atoms with Gasteiger partial charge in [0.05, 0.1) is 18.6 Å². The van der Waals surface area contributed by atoms with Crippen molar-refractivity contribution in [2.75, 3.05) is 17.6 Å². The van der Waals surface area contributed by atoms with E-state index in [4.69, 9.17) is 0 Å². The van der Waals surface area contributed by atoms with E-state index in [1.54, 1.807) is 6.07 Å². The van der Waals surface area contributed by atoms with Gasteiger partial charge in [0.1, 0.15) is 0 Å². The number of esters is 1. The first kappa shape index (κ1) is 15.5. The predicted octanol–water partition coefficient (Wildman–Crippen LogP) is 2.00. The number of rotatable bonds is 6. The van der Waals surface area contributed by atoms with Crippen molar-refractivity contribution < 1.29 is 17.9 Å². The van der Waals surface area contributed by atoms with Gasteiger partial charge in [0.2, 0.25) is 10.0 Å². The zero-order valence-corrected chi connectivity index (χ0v) is 12.2. The number of carbonyl (C=O) groups is 1. The normalized spacial score (nSPS) is 11.1. The number of sulfonamides is 1. The molecule has 1 aromatic carbocycles. The summed E-state index contributed by atoms with van der Waals surface area (Å²) in [4.78, 5) is 10.9. The molecule has 1 aromatic rings. The molecule has 6 heteroatoms. The van der Waals surface area contributed by atoms with Gasteiger partial charge in [-0.15, -0.1) is 0 Å². The highest BCUT2D eigenvalue weighted by molar-refractivity contribution is 7.92. The fraction of sp³-hybridized carbons (Fsp3) is 0.462. The maximum atomic E-state index is 11.9. The summed E-state index contributed by atoms with van der Waals surface area (Å²) in [7, 11) is -2.15. The molecule has 0 aromatic heterocycles. The highest BCUT2D eigenvalue weighted by Crippen LogP contribution is 2.18. The largest absolute Gasteiger partial charge is 0.469 e. The number of benzene rings is 1. The third-order valence-electron chi connectivity index (χ3n) is 2.68. The molecule has 0 aliphatic heterocycles. The van der Waals surface area contributed by atoms with Crippen LogP contribution in [-0.2, 0) is 19.6 Å². The Morgan fingerprint density at radius 1 is 1.32 bits per heavy atom. The fourth-order valence-electron chi connectivity index (χ4n) is 1.57. The van der Waals surface area contributed by atoms with Crippen LogP contribution in [0.5, 0.6) is 0 Å². The van der Waals surface area contributed by atoms with Gasteiger partial charge in [0.15, 0.2) is 0 Å². The van der Waals surface area contributed by atoms with Crippen molar-refractivity contribution in [2.24, 2.45) is 0 Å². The number of hydrogen-bond donors (Lipinski definition) is 1. The maximum Gasteiger partial charge on any atom is 0.305 e.